The molecule has 0 spiro atoms. The Morgan fingerprint density at radius 2 is 1.65 bits per heavy atom. The Hall–Kier alpha value is -1.64. The highest BCUT2D eigenvalue weighted by atomic mass is 16.3. The molecule has 0 aliphatic rings. The Morgan fingerprint density at radius 3 is 2.30 bits per heavy atom. The molecule has 1 atom stereocenters. The normalized spacial score (nSPS) is 12.4. The number of aliphatic hydroxyl groups is 1. The van der Waals surface area contributed by atoms with Gasteiger partial charge in [0, 0.05) is 12.6 Å². The van der Waals surface area contributed by atoms with E-state index in [9.17, 15) is 0 Å². The number of aliphatic hydroxyl groups excluding tert-OH is 1. The molecule has 0 aliphatic carbocycles. The van der Waals surface area contributed by atoms with Gasteiger partial charge in [-0.15, -0.1) is 0 Å². The van der Waals surface area contributed by atoms with E-state index in [0.717, 1.165) is 12.1 Å². The molecule has 2 rings (SSSR count). The van der Waals surface area contributed by atoms with Crippen molar-refractivity contribution in [1.82, 2.24) is 5.32 Å². The van der Waals surface area contributed by atoms with Crippen LogP contribution in [0.25, 0.3) is 0 Å². The number of benzene rings is 2. The first-order valence-electron chi connectivity index (χ1n) is 7.09. The van der Waals surface area contributed by atoms with Gasteiger partial charge < -0.3 is 10.4 Å². The van der Waals surface area contributed by atoms with E-state index in [1.54, 1.807) is 0 Å². The van der Waals surface area contributed by atoms with Crippen LogP contribution in [0, 0.1) is 13.8 Å². The van der Waals surface area contributed by atoms with Crippen LogP contribution in [0.5, 0.6) is 0 Å². The van der Waals surface area contributed by atoms with Crippen LogP contribution in [-0.4, -0.2) is 5.11 Å². The zero-order chi connectivity index (χ0) is 14.5. The van der Waals surface area contributed by atoms with Gasteiger partial charge in [-0.1, -0.05) is 53.6 Å². The maximum Gasteiger partial charge on any atom is 0.0681 e. The molecule has 0 amide bonds. The van der Waals surface area contributed by atoms with E-state index in [1.165, 1.54) is 22.3 Å². The summed E-state index contributed by atoms with van der Waals surface area (Å²) in [4.78, 5) is 0. The molecule has 2 aromatic rings. The van der Waals surface area contributed by atoms with Crippen LogP contribution in [0.15, 0.2) is 42.5 Å². The van der Waals surface area contributed by atoms with Crippen molar-refractivity contribution in [2.75, 3.05) is 0 Å². The fraction of sp³-hybridized carbons (Fsp3) is 0.333. The van der Waals surface area contributed by atoms with Gasteiger partial charge in [0.1, 0.15) is 0 Å². The minimum absolute atomic E-state index is 0.0977. The monoisotopic (exact) mass is 269 g/mol. The zero-order valence-electron chi connectivity index (χ0n) is 12.5. The third kappa shape index (κ3) is 3.92. The van der Waals surface area contributed by atoms with E-state index in [1.807, 2.05) is 18.2 Å². The number of rotatable bonds is 5. The molecule has 0 saturated heterocycles. The Kier molecular flexibility index (Phi) is 4.94. The second-order valence-corrected chi connectivity index (χ2v) is 5.50. The Morgan fingerprint density at radius 1 is 1.00 bits per heavy atom. The van der Waals surface area contributed by atoms with E-state index in [4.69, 9.17) is 5.11 Å². The lowest BCUT2D eigenvalue weighted by molar-refractivity contribution is 0.281. The molecule has 106 valence electrons. The molecule has 0 saturated carbocycles. The molecule has 2 aromatic carbocycles. The summed E-state index contributed by atoms with van der Waals surface area (Å²) >= 11 is 0. The Labute approximate surface area is 121 Å². The second kappa shape index (κ2) is 6.69. The minimum atomic E-state index is 0.0977. The largest absolute Gasteiger partial charge is 0.392 e. The average Bonchev–Trinajstić information content (AvgIpc) is 2.44. The van der Waals surface area contributed by atoms with Crippen LogP contribution < -0.4 is 5.32 Å². The number of hydrogen-bond donors (Lipinski definition) is 2. The summed E-state index contributed by atoms with van der Waals surface area (Å²) in [6, 6.07) is 15.0. The molecule has 0 aliphatic heterocycles. The predicted molar refractivity (Wildman–Crippen MR) is 83.5 cm³/mol. The van der Waals surface area contributed by atoms with Crippen molar-refractivity contribution in [2.24, 2.45) is 0 Å². The number of nitrogens with one attached hydrogen (secondary N) is 1. The summed E-state index contributed by atoms with van der Waals surface area (Å²) in [5.74, 6) is 0. The van der Waals surface area contributed by atoms with Crippen molar-refractivity contribution >= 4 is 0 Å². The first-order valence-corrected chi connectivity index (χ1v) is 7.09. The lowest BCUT2D eigenvalue weighted by Crippen LogP contribution is -2.18. The maximum atomic E-state index is 9.16. The minimum Gasteiger partial charge on any atom is -0.392 e. The van der Waals surface area contributed by atoms with Gasteiger partial charge in [-0.3, -0.25) is 0 Å². The van der Waals surface area contributed by atoms with E-state index in [0.29, 0.717) is 6.04 Å². The molecule has 0 radical (unpaired) electrons. The Bertz CT molecular complexity index is 557. The summed E-state index contributed by atoms with van der Waals surface area (Å²) < 4.78 is 0. The van der Waals surface area contributed by atoms with Crippen LogP contribution in [0.1, 0.15) is 40.8 Å². The van der Waals surface area contributed by atoms with Crippen LogP contribution in [0.4, 0.5) is 0 Å². The molecule has 2 heteroatoms. The van der Waals surface area contributed by atoms with Gasteiger partial charge in [0.05, 0.1) is 6.61 Å². The van der Waals surface area contributed by atoms with E-state index in [-0.39, 0.29) is 6.61 Å². The fourth-order valence-electron chi connectivity index (χ4n) is 2.49. The quantitative estimate of drug-likeness (QED) is 0.868. The molecule has 0 aromatic heterocycles. The highest BCUT2D eigenvalue weighted by Crippen LogP contribution is 2.17. The van der Waals surface area contributed by atoms with Crippen LogP contribution in [0.3, 0.4) is 0 Å². The zero-order valence-corrected chi connectivity index (χ0v) is 12.5. The predicted octanol–water partition coefficient (Wildman–Crippen LogP) is 3.65. The average molecular weight is 269 g/mol. The number of aryl methyl sites for hydroxylation is 2. The summed E-state index contributed by atoms with van der Waals surface area (Å²) in [5, 5.41) is 12.7. The SMILES string of the molecule is Cc1cc(C)cc(C(C)NCc2cccc(CO)c2)c1. The molecule has 20 heavy (non-hydrogen) atoms. The molecule has 0 heterocycles. The van der Waals surface area contributed by atoms with Crippen molar-refractivity contribution in [3.8, 4) is 0 Å². The van der Waals surface area contributed by atoms with Crippen LogP contribution in [0.2, 0.25) is 0 Å². The summed E-state index contributed by atoms with van der Waals surface area (Å²) in [7, 11) is 0. The van der Waals surface area contributed by atoms with Crippen LogP contribution in [-0.2, 0) is 13.2 Å². The summed E-state index contributed by atoms with van der Waals surface area (Å²) in [6.45, 7) is 7.36. The first-order chi connectivity index (χ1) is 9.58. The molecular formula is C18H23NO. The number of hydrogen-bond acceptors (Lipinski definition) is 2. The third-order valence-corrected chi connectivity index (χ3v) is 3.53. The molecule has 0 fully saturated rings. The molecular weight excluding hydrogens is 246 g/mol. The van der Waals surface area contributed by atoms with E-state index < -0.39 is 0 Å². The van der Waals surface area contributed by atoms with Crippen molar-refractivity contribution in [3.05, 3.63) is 70.3 Å². The fourth-order valence-corrected chi connectivity index (χ4v) is 2.49. The topological polar surface area (TPSA) is 32.3 Å². The van der Waals surface area contributed by atoms with Gasteiger partial charge in [0.25, 0.3) is 0 Å². The molecule has 0 bridgehead atoms. The van der Waals surface area contributed by atoms with E-state index in [2.05, 4.69) is 50.4 Å². The van der Waals surface area contributed by atoms with Gasteiger partial charge in [0.2, 0.25) is 0 Å². The summed E-state index contributed by atoms with van der Waals surface area (Å²) in [6.07, 6.45) is 0. The highest BCUT2D eigenvalue weighted by Gasteiger charge is 2.06. The Balaban J connectivity index is 2.02. The van der Waals surface area contributed by atoms with Crippen molar-refractivity contribution in [3.63, 3.8) is 0 Å². The summed E-state index contributed by atoms with van der Waals surface area (Å²) in [5.41, 5.74) is 6.09. The lowest BCUT2D eigenvalue weighted by atomic mass is 10.0. The van der Waals surface area contributed by atoms with Gasteiger partial charge in [-0.2, -0.15) is 0 Å². The van der Waals surface area contributed by atoms with Crippen molar-refractivity contribution < 1.29 is 5.11 Å². The highest BCUT2D eigenvalue weighted by molar-refractivity contribution is 5.30. The second-order valence-electron chi connectivity index (χ2n) is 5.50. The molecule has 1 unspecified atom stereocenters. The molecule has 2 N–H and O–H groups in total. The van der Waals surface area contributed by atoms with Crippen molar-refractivity contribution in [1.29, 1.82) is 0 Å². The van der Waals surface area contributed by atoms with Crippen LogP contribution >= 0.6 is 0 Å². The van der Waals surface area contributed by atoms with Gasteiger partial charge in [-0.05, 0) is 37.5 Å². The maximum absolute atomic E-state index is 9.16. The van der Waals surface area contributed by atoms with Crippen molar-refractivity contribution in [2.45, 2.75) is 40.0 Å². The van der Waals surface area contributed by atoms with Gasteiger partial charge in [-0.25, -0.2) is 0 Å². The third-order valence-electron chi connectivity index (χ3n) is 3.53. The standard InChI is InChI=1S/C18H23NO/c1-13-7-14(2)9-18(8-13)15(3)19-11-16-5-4-6-17(10-16)12-20/h4-10,15,19-20H,11-12H2,1-3H3. The van der Waals surface area contributed by atoms with E-state index >= 15 is 0 Å². The van der Waals surface area contributed by atoms with Gasteiger partial charge in [0.15, 0.2) is 0 Å². The lowest BCUT2D eigenvalue weighted by Gasteiger charge is -2.16. The van der Waals surface area contributed by atoms with Gasteiger partial charge >= 0.3 is 0 Å². The first kappa shape index (κ1) is 14.8. The smallest absolute Gasteiger partial charge is 0.0681 e. The molecule has 2 nitrogen and oxygen atoms in total.